The Labute approximate surface area is 145 Å². The minimum atomic E-state index is -0.681. The maximum atomic E-state index is 11.9. The van der Waals surface area contributed by atoms with Crippen LogP contribution in [-0.2, 0) is 4.74 Å². The van der Waals surface area contributed by atoms with Crippen LogP contribution in [0, 0.1) is 13.7 Å². The first-order chi connectivity index (χ1) is 10.5. The molecule has 0 aliphatic rings. The van der Waals surface area contributed by atoms with E-state index in [-0.39, 0.29) is 17.9 Å². The summed E-state index contributed by atoms with van der Waals surface area (Å²) in [6.07, 6.45) is 0. The van der Waals surface area contributed by atoms with Crippen molar-refractivity contribution in [1.29, 1.82) is 0 Å². The van der Waals surface area contributed by atoms with Gasteiger partial charge in [-0.1, -0.05) is 11.8 Å². The molecule has 0 bridgehead atoms. The second-order valence-corrected chi connectivity index (χ2v) is 6.61. The average Bonchev–Trinajstić information content (AvgIpc) is 2.49. The topological polar surface area (TPSA) is 69.4 Å². The van der Waals surface area contributed by atoms with Gasteiger partial charge in [-0.3, -0.25) is 10.1 Å². The van der Waals surface area contributed by atoms with Gasteiger partial charge in [-0.15, -0.1) is 0 Å². The van der Waals surface area contributed by atoms with Gasteiger partial charge in [0, 0.05) is 19.4 Å². The number of carbonyl (C=O) groups excluding carboxylic acids is 1. The lowest BCUT2D eigenvalue weighted by Gasteiger charge is -2.06. The molecule has 0 aliphatic heterocycles. The van der Waals surface area contributed by atoms with Crippen LogP contribution in [0.25, 0.3) is 0 Å². The summed E-state index contributed by atoms with van der Waals surface area (Å²) in [5.74, 6) is -0.681. The molecule has 0 amide bonds. The number of nitrogens with zero attached hydrogens (tertiary/aromatic N) is 1. The average molecular weight is 429 g/mol. The fourth-order valence-electron chi connectivity index (χ4n) is 1.75. The van der Waals surface area contributed by atoms with Crippen LogP contribution in [0.15, 0.2) is 52.3 Å². The van der Waals surface area contributed by atoms with Gasteiger partial charge in [0.15, 0.2) is 0 Å². The zero-order valence-electron chi connectivity index (χ0n) is 11.6. The van der Waals surface area contributed by atoms with Gasteiger partial charge < -0.3 is 4.74 Å². The molecule has 0 unspecified atom stereocenters. The van der Waals surface area contributed by atoms with Gasteiger partial charge >= 0.3 is 5.97 Å². The lowest BCUT2D eigenvalue weighted by molar-refractivity contribution is -0.385. The molecule has 114 valence electrons. The van der Waals surface area contributed by atoms with Crippen molar-refractivity contribution in [2.45, 2.75) is 16.7 Å². The number of hydrogen-bond acceptors (Lipinski definition) is 5. The summed E-state index contributed by atoms with van der Waals surface area (Å²) in [7, 11) is 0. The van der Waals surface area contributed by atoms with Crippen molar-refractivity contribution in [3.63, 3.8) is 0 Å². The van der Waals surface area contributed by atoms with Crippen molar-refractivity contribution in [1.82, 2.24) is 0 Å². The minimum Gasteiger partial charge on any atom is -0.462 e. The smallest absolute Gasteiger partial charge is 0.345 e. The molecular weight excluding hydrogens is 417 g/mol. The highest BCUT2D eigenvalue weighted by Gasteiger charge is 2.21. The van der Waals surface area contributed by atoms with Crippen LogP contribution in [0.5, 0.6) is 0 Å². The van der Waals surface area contributed by atoms with Gasteiger partial charge in [0.1, 0.15) is 5.56 Å². The van der Waals surface area contributed by atoms with Gasteiger partial charge in [-0.2, -0.15) is 0 Å². The Hall–Kier alpha value is -1.61. The Bertz CT molecular complexity index is 703. The van der Waals surface area contributed by atoms with E-state index in [0.29, 0.717) is 0 Å². The van der Waals surface area contributed by atoms with Crippen molar-refractivity contribution in [3.8, 4) is 0 Å². The van der Waals surface area contributed by atoms with Crippen LogP contribution < -0.4 is 0 Å². The molecular formula is C15H12INO4S. The SMILES string of the molecule is CCOC(=O)c1cc(Sc2ccc(I)cc2)ccc1[N+](=O)[O-]. The minimum absolute atomic E-state index is 0.0256. The lowest BCUT2D eigenvalue weighted by atomic mass is 10.2. The fourth-order valence-corrected chi connectivity index (χ4v) is 2.97. The maximum Gasteiger partial charge on any atom is 0.345 e. The Kier molecular flexibility index (Phi) is 5.78. The molecule has 0 atom stereocenters. The fraction of sp³-hybridized carbons (Fsp3) is 0.133. The highest BCUT2D eigenvalue weighted by Crippen LogP contribution is 2.32. The van der Waals surface area contributed by atoms with Gasteiger partial charge in [0.05, 0.1) is 11.5 Å². The largest absolute Gasteiger partial charge is 0.462 e. The molecule has 0 N–H and O–H groups in total. The molecule has 22 heavy (non-hydrogen) atoms. The lowest BCUT2D eigenvalue weighted by Crippen LogP contribution is -2.08. The number of hydrogen-bond donors (Lipinski definition) is 0. The molecule has 2 aromatic carbocycles. The van der Waals surface area contributed by atoms with E-state index in [1.165, 1.54) is 23.9 Å². The molecule has 7 heteroatoms. The van der Waals surface area contributed by atoms with Crippen LogP contribution >= 0.6 is 34.4 Å². The van der Waals surface area contributed by atoms with E-state index in [1.807, 2.05) is 24.3 Å². The second kappa shape index (κ2) is 7.59. The Morgan fingerprint density at radius 2 is 1.86 bits per heavy atom. The normalized spacial score (nSPS) is 10.3. The Balaban J connectivity index is 2.33. The number of ether oxygens (including phenoxy) is 1. The van der Waals surface area contributed by atoms with Gasteiger partial charge in [-0.05, 0) is 65.9 Å². The molecule has 0 saturated carbocycles. The van der Waals surface area contributed by atoms with Crippen molar-refractivity contribution < 1.29 is 14.5 Å². The third kappa shape index (κ3) is 4.20. The molecule has 5 nitrogen and oxygen atoms in total. The van der Waals surface area contributed by atoms with Crippen molar-refractivity contribution >= 4 is 46.0 Å². The molecule has 0 aliphatic carbocycles. The van der Waals surface area contributed by atoms with Crippen LogP contribution in [-0.4, -0.2) is 17.5 Å². The standard InChI is InChI=1S/C15H12INO4S/c1-2-21-15(18)13-9-12(7-8-14(13)17(19)20)22-11-5-3-10(16)4-6-11/h3-9H,2H2,1H3. The summed E-state index contributed by atoms with van der Waals surface area (Å²) in [5, 5.41) is 11.0. The number of halogens is 1. The monoisotopic (exact) mass is 429 g/mol. The van der Waals surface area contributed by atoms with E-state index in [9.17, 15) is 14.9 Å². The number of rotatable bonds is 5. The summed E-state index contributed by atoms with van der Waals surface area (Å²) in [5.41, 5.74) is -0.271. The van der Waals surface area contributed by atoms with E-state index in [1.54, 1.807) is 13.0 Å². The first kappa shape index (κ1) is 16.8. The highest BCUT2D eigenvalue weighted by atomic mass is 127. The predicted octanol–water partition coefficient (Wildman–Crippen LogP) is 4.53. The maximum absolute atomic E-state index is 11.9. The third-order valence-electron chi connectivity index (χ3n) is 2.71. The van der Waals surface area contributed by atoms with Crippen LogP contribution in [0.3, 0.4) is 0 Å². The summed E-state index contributed by atoms with van der Waals surface area (Å²) in [6, 6.07) is 12.3. The number of benzene rings is 2. The molecule has 0 fully saturated rings. The summed E-state index contributed by atoms with van der Waals surface area (Å²) >= 11 is 3.65. The zero-order valence-corrected chi connectivity index (χ0v) is 14.6. The predicted molar refractivity (Wildman–Crippen MR) is 92.3 cm³/mol. The molecule has 0 radical (unpaired) electrons. The summed E-state index contributed by atoms with van der Waals surface area (Å²) in [4.78, 5) is 24.1. The van der Waals surface area contributed by atoms with E-state index < -0.39 is 10.9 Å². The van der Waals surface area contributed by atoms with Gasteiger partial charge in [0.25, 0.3) is 5.69 Å². The number of carbonyl (C=O) groups is 1. The van der Waals surface area contributed by atoms with Crippen LogP contribution in [0.4, 0.5) is 5.69 Å². The highest BCUT2D eigenvalue weighted by molar-refractivity contribution is 14.1. The zero-order chi connectivity index (χ0) is 16.1. The summed E-state index contributed by atoms with van der Waals surface area (Å²) < 4.78 is 6.01. The van der Waals surface area contributed by atoms with Gasteiger partial charge in [0.2, 0.25) is 0 Å². The number of esters is 1. The Morgan fingerprint density at radius 3 is 2.45 bits per heavy atom. The molecule has 0 saturated heterocycles. The van der Waals surface area contributed by atoms with E-state index in [2.05, 4.69) is 22.6 Å². The first-order valence-electron chi connectivity index (χ1n) is 6.40. The van der Waals surface area contributed by atoms with Gasteiger partial charge in [-0.25, -0.2) is 4.79 Å². The third-order valence-corrected chi connectivity index (χ3v) is 4.43. The first-order valence-corrected chi connectivity index (χ1v) is 8.29. The molecule has 0 aromatic heterocycles. The second-order valence-electron chi connectivity index (χ2n) is 4.21. The molecule has 2 rings (SSSR count). The molecule has 0 heterocycles. The summed E-state index contributed by atoms with van der Waals surface area (Å²) in [6.45, 7) is 1.83. The van der Waals surface area contributed by atoms with Crippen LogP contribution in [0.1, 0.15) is 17.3 Å². The Morgan fingerprint density at radius 1 is 1.23 bits per heavy atom. The quantitative estimate of drug-likeness (QED) is 0.303. The van der Waals surface area contributed by atoms with Crippen molar-refractivity contribution in [2.24, 2.45) is 0 Å². The molecule has 0 spiro atoms. The van der Waals surface area contributed by atoms with Crippen molar-refractivity contribution in [3.05, 3.63) is 61.7 Å². The van der Waals surface area contributed by atoms with Crippen molar-refractivity contribution in [2.75, 3.05) is 6.61 Å². The van der Waals surface area contributed by atoms with Crippen LogP contribution in [0.2, 0.25) is 0 Å². The van der Waals surface area contributed by atoms with E-state index in [0.717, 1.165) is 13.4 Å². The number of nitro groups is 1. The number of nitro benzene ring substituents is 1. The van der Waals surface area contributed by atoms with E-state index >= 15 is 0 Å². The molecule has 2 aromatic rings. The van der Waals surface area contributed by atoms with E-state index in [4.69, 9.17) is 4.74 Å².